The van der Waals surface area contributed by atoms with Gasteiger partial charge in [-0.25, -0.2) is 8.78 Å². The molecule has 0 saturated heterocycles. The summed E-state index contributed by atoms with van der Waals surface area (Å²) in [6, 6.07) is 2.20. The van der Waals surface area contributed by atoms with E-state index < -0.39 is 41.1 Å². The minimum Gasteiger partial charge on any atom is -0.312 e. The maximum atomic E-state index is 13.2. The van der Waals surface area contributed by atoms with Crippen molar-refractivity contribution in [3.63, 3.8) is 0 Å². The number of halogens is 5. The topological polar surface area (TPSA) is 43.1 Å². The van der Waals surface area contributed by atoms with E-state index in [2.05, 4.69) is 0 Å². The van der Waals surface area contributed by atoms with Crippen LogP contribution in [-0.4, -0.2) is 17.5 Å². The molecule has 0 aliphatic heterocycles. The Kier molecular flexibility index (Phi) is 3.75. The van der Waals surface area contributed by atoms with Crippen molar-refractivity contribution >= 4 is 5.78 Å². The summed E-state index contributed by atoms with van der Waals surface area (Å²) in [6.07, 6.45) is -5.87. The van der Waals surface area contributed by atoms with Gasteiger partial charge in [-0.3, -0.25) is 4.79 Å². The molecule has 1 aromatic rings. The van der Waals surface area contributed by atoms with Crippen molar-refractivity contribution in [2.75, 3.05) is 0 Å². The van der Waals surface area contributed by atoms with Crippen LogP contribution >= 0.6 is 0 Å². The van der Waals surface area contributed by atoms with Gasteiger partial charge in [0.05, 0.1) is 0 Å². The number of ketones is 1. The molecule has 2 nitrogen and oxygen atoms in total. The molecule has 18 heavy (non-hydrogen) atoms. The number of nitrogens with two attached hydrogens (primary N) is 1. The average Bonchev–Trinajstić information content (AvgIpc) is 2.21. The second kappa shape index (κ2) is 4.64. The monoisotopic (exact) mass is 267 g/mol. The molecular weight excluding hydrogens is 257 g/mol. The van der Waals surface area contributed by atoms with Crippen LogP contribution in [0.5, 0.6) is 0 Å². The summed E-state index contributed by atoms with van der Waals surface area (Å²) in [7, 11) is 0. The van der Waals surface area contributed by atoms with E-state index in [-0.39, 0.29) is 0 Å². The maximum Gasteiger partial charge on any atom is 0.413 e. The summed E-state index contributed by atoms with van der Waals surface area (Å²) >= 11 is 0. The Morgan fingerprint density at radius 3 is 2.33 bits per heavy atom. The second-order valence-corrected chi connectivity index (χ2v) is 4.04. The Labute approximate surface area is 99.6 Å². The van der Waals surface area contributed by atoms with Crippen LogP contribution < -0.4 is 5.73 Å². The third kappa shape index (κ3) is 2.84. The first-order chi connectivity index (χ1) is 8.05. The standard InChI is InChI=1S/C11H10F5NO/c1-10(17,11(14,15)16)9(18)5-6-4-7(12)2-3-8(6)13/h2-4H,5,17H2,1H3. The van der Waals surface area contributed by atoms with Crippen molar-refractivity contribution in [3.05, 3.63) is 35.4 Å². The molecule has 0 fully saturated rings. The molecule has 1 aromatic carbocycles. The van der Waals surface area contributed by atoms with Gasteiger partial charge in [-0.05, 0) is 30.7 Å². The highest BCUT2D eigenvalue weighted by Crippen LogP contribution is 2.29. The Bertz CT molecular complexity index is 467. The molecule has 1 atom stereocenters. The molecule has 0 spiro atoms. The van der Waals surface area contributed by atoms with E-state index in [1.54, 1.807) is 0 Å². The number of hydrogen-bond donors (Lipinski definition) is 1. The lowest BCUT2D eigenvalue weighted by Crippen LogP contribution is -2.57. The predicted octanol–water partition coefficient (Wildman–Crippen LogP) is 2.36. The van der Waals surface area contributed by atoms with Gasteiger partial charge in [-0.2, -0.15) is 13.2 Å². The molecule has 0 radical (unpaired) electrons. The van der Waals surface area contributed by atoms with Crippen molar-refractivity contribution < 1.29 is 26.7 Å². The van der Waals surface area contributed by atoms with Crippen LogP contribution in [-0.2, 0) is 11.2 Å². The van der Waals surface area contributed by atoms with E-state index in [9.17, 15) is 26.7 Å². The zero-order chi connectivity index (χ0) is 14.1. The van der Waals surface area contributed by atoms with Gasteiger partial charge < -0.3 is 5.73 Å². The third-order valence-corrected chi connectivity index (χ3v) is 2.53. The summed E-state index contributed by atoms with van der Waals surface area (Å²) in [6.45, 7) is 0.493. The molecule has 2 N–H and O–H groups in total. The minimum atomic E-state index is -4.95. The smallest absolute Gasteiger partial charge is 0.312 e. The minimum absolute atomic E-state index is 0.457. The van der Waals surface area contributed by atoms with E-state index >= 15 is 0 Å². The van der Waals surface area contributed by atoms with E-state index in [4.69, 9.17) is 5.73 Å². The normalized spacial score (nSPS) is 15.3. The highest BCUT2D eigenvalue weighted by atomic mass is 19.4. The summed E-state index contributed by atoms with van der Waals surface area (Å²) in [5.74, 6) is -3.23. The Hall–Kier alpha value is -1.50. The van der Waals surface area contributed by atoms with Crippen LogP contribution in [0.25, 0.3) is 0 Å². The molecule has 0 bridgehead atoms. The van der Waals surface area contributed by atoms with Gasteiger partial charge in [0.25, 0.3) is 0 Å². The van der Waals surface area contributed by atoms with E-state index in [0.717, 1.165) is 12.1 Å². The first-order valence-electron chi connectivity index (χ1n) is 4.88. The lowest BCUT2D eigenvalue weighted by atomic mass is 9.92. The molecule has 100 valence electrons. The van der Waals surface area contributed by atoms with Gasteiger partial charge in [-0.15, -0.1) is 0 Å². The SMILES string of the molecule is CC(N)(C(=O)Cc1cc(F)ccc1F)C(F)(F)F. The van der Waals surface area contributed by atoms with Crippen LogP contribution in [0.4, 0.5) is 22.0 Å². The van der Waals surface area contributed by atoms with Gasteiger partial charge in [0.15, 0.2) is 11.3 Å². The lowest BCUT2D eigenvalue weighted by molar-refractivity contribution is -0.185. The quantitative estimate of drug-likeness (QED) is 0.854. The number of carbonyl (C=O) groups is 1. The number of alkyl halides is 3. The van der Waals surface area contributed by atoms with Crippen molar-refractivity contribution in [2.24, 2.45) is 5.73 Å². The summed E-state index contributed by atoms with van der Waals surface area (Å²) < 4.78 is 63.3. The predicted molar refractivity (Wildman–Crippen MR) is 53.7 cm³/mol. The summed E-state index contributed by atoms with van der Waals surface area (Å²) in [5.41, 5.74) is 1.33. The molecule has 0 saturated carbocycles. The fraction of sp³-hybridized carbons (Fsp3) is 0.364. The van der Waals surface area contributed by atoms with Crippen LogP contribution in [0, 0.1) is 11.6 Å². The van der Waals surface area contributed by atoms with Crippen LogP contribution in [0.2, 0.25) is 0 Å². The highest BCUT2D eigenvalue weighted by Gasteiger charge is 2.53. The maximum absolute atomic E-state index is 13.2. The largest absolute Gasteiger partial charge is 0.413 e. The van der Waals surface area contributed by atoms with Crippen molar-refractivity contribution in [2.45, 2.75) is 25.1 Å². The average molecular weight is 267 g/mol. The van der Waals surface area contributed by atoms with E-state index in [1.807, 2.05) is 0 Å². The van der Waals surface area contributed by atoms with Gasteiger partial charge in [0.1, 0.15) is 11.6 Å². The van der Waals surface area contributed by atoms with E-state index in [0.29, 0.717) is 13.0 Å². The number of benzene rings is 1. The summed E-state index contributed by atoms with van der Waals surface area (Å²) in [4.78, 5) is 11.4. The summed E-state index contributed by atoms with van der Waals surface area (Å²) in [5, 5.41) is 0. The molecule has 7 heteroatoms. The molecular formula is C11H10F5NO. The number of Topliss-reactive ketones (excluding diaryl/α,β-unsaturated/α-hetero) is 1. The van der Waals surface area contributed by atoms with Crippen LogP contribution in [0.3, 0.4) is 0 Å². The molecule has 1 unspecified atom stereocenters. The molecule has 0 amide bonds. The first kappa shape index (κ1) is 14.6. The highest BCUT2D eigenvalue weighted by molar-refractivity contribution is 5.90. The first-order valence-corrected chi connectivity index (χ1v) is 4.88. The van der Waals surface area contributed by atoms with Gasteiger partial charge in [-0.1, -0.05) is 0 Å². The van der Waals surface area contributed by atoms with E-state index in [1.165, 1.54) is 0 Å². The Balaban J connectivity index is 2.98. The molecule has 0 heterocycles. The fourth-order valence-electron chi connectivity index (χ4n) is 1.19. The van der Waals surface area contributed by atoms with Crippen molar-refractivity contribution in [3.8, 4) is 0 Å². The molecule has 0 aromatic heterocycles. The third-order valence-electron chi connectivity index (χ3n) is 2.53. The zero-order valence-electron chi connectivity index (χ0n) is 9.31. The second-order valence-electron chi connectivity index (χ2n) is 4.04. The lowest BCUT2D eigenvalue weighted by Gasteiger charge is -2.26. The molecule has 0 aliphatic rings. The number of rotatable bonds is 3. The Morgan fingerprint density at radius 2 is 1.83 bits per heavy atom. The van der Waals surface area contributed by atoms with Gasteiger partial charge in [0, 0.05) is 6.42 Å². The van der Waals surface area contributed by atoms with Gasteiger partial charge in [0.2, 0.25) is 0 Å². The molecule has 1 rings (SSSR count). The number of carbonyl (C=O) groups excluding carboxylic acids is 1. The zero-order valence-corrected chi connectivity index (χ0v) is 9.31. The Morgan fingerprint density at radius 1 is 1.28 bits per heavy atom. The van der Waals surface area contributed by atoms with Crippen LogP contribution in [0.15, 0.2) is 18.2 Å². The van der Waals surface area contributed by atoms with Gasteiger partial charge >= 0.3 is 6.18 Å². The van der Waals surface area contributed by atoms with Crippen molar-refractivity contribution in [1.29, 1.82) is 0 Å². The fourth-order valence-corrected chi connectivity index (χ4v) is 1.19. The number of hydrogen-bond acceptors (Lipinski definition) is 2. The van der Waals surface area contributed by atoms with Crippen LogP contribution in [0.1, 0.15) is 12.5 Å². The van der Waals surface area contributed by atoms with Crippen molar-refractivity contribution in [1.82, 2.24) is 0 Å². The molecule has 0 aliphatic carbocycles.